The predicted octanol–water partition coefficient (Wildman–Crippen LogP) is 1.58. The van der Waals surface area contributed by atoms with Crippen molar-refractivity contribution in [3.63, 3.8) is 0 Å². The first-order chi connectivity index (χ1) is 12.9. The Kier molecular flexibility index (Phi) is 6.26. The fourth-order valence-corrected chi connectivity index (χ4v) is 4.96. The average molecular weight is 392 g/mol. The van der Waals surface area contributed by atoms with Crippen LogP contribution in [-0.2, 0) is 17.8 Å². The highest BCUT2D eigenvalue weighted by atomic mass is 32.1. The minimum Gasteiger partial charge on any atom is -0.346 e. The number of aromatic nitrogens is 1. The van der Waals surface area contributed by atoms with E-state index in [0.29, 0.717) is 18.0 Å². The summed E-state index contributed by atoms with van der Waals surface area (Å²) in [5, 5.41) is 3.60. The molecule has 1 aromatic rings. The summed E-state index contributed by atoms with van der Waals surface area (Å²) < 4.78 is 0. The third-order valence-corrected chi connectivity index (χ3v) is 6.76. The number of hydrogen-bond acceptors (Lipinski definition) is 6. The number of nitrogens with one attached hydrogen (secondary N) is 1. The maximum absolute atomic E-state index is 12.8. The molecule has 8 heteroatoms. The summed E-state index contributed by atoms with van der Waals surface area (Å²) in [5.41, 5.74) is 1.04. The highest BCUT2D eigenvalue weighted by molar-refractivity contribution is 7.13. The number of hydrogen-bond donors (Lipinski definition) is 1. The molecule has 1 aliphatic heterocycles. The summed E-state index contributed by atoms with van der Waals surface area (Å²) in [6, 6.07) is -0.225. The van der Waals surface area contributed by atoms with E-state index < -0.39 is 0 Å². The summed E-state index contributed by atoms with van der Waals surface area (Å²) in [6.45, 7) is 8.16. The first-order valence-electron chi connectivity index (χ1n) is 9.61. The van der Waals surface area contributed by atoms with E-state index in [9.17, 15) is 9.59 Å². The number of likely N-dealkylation sites (N-methyl/N-ethyl adjacent to an activating group) is 1. The summed E-state index contributed by atoms with van der Waals surface area (Å²) in [5.74, 6) is -0.0870. The minimum absolute atomic E-state index is 0.0503. The summed E-state index contributed by atoms with van der Waals surface area (Å²) in [4.78, 5) is 39.3. The maximum Gasteiger partial charge on any atom is 0.280 e. The van der Waals surface area contributed by atoms with Gasteiger partial charge in [-0.3, -0.25) is 14.6 Å². The van der Waals surface area contributed by atoms with E-state index in [4.69, 9.17) is 0 Å². The van der Waals surface area contributed by atoms with Gasteiger partial charge in [0.2, 0.25) is 5.91 Å². The predicted molar refractivity (Wildman–Crippen MR) is 107 cm³/mol. The second-order valence-corrected chi connectivity index (χ2v) is 8.65. The monoisotopic (exact) mass is 391 g/mol. The van der Waals surface area contributed by atoms with Gasteiger partial charge in [-0.15, -0.1) is 11.3 Å². The Morgan fingerprint density at radius 1 is 1.44 bits per heavy atom. The second kappa shape index (κ2) is 8.48. The van der Waals surface area contributed by atoms with E-state index in [1.807, 2.05) is 14.0 Å². The van der Waals surface area contributed by atoms with E-state index >= 15 is 0 Å². The molecule has 0 aromatic carbocycles. The van der Waals surface area contributed by atoms with Gasteiger partial charge in [0.05, 0.1) is 17.8 Å². The van der Waals surface area contributed by atoms with Gasteiger partial charge in [-0.25, -0.2) is 4.98 Å². The highest BCUT2D eigenvalue weighted by Gasteiger charge is 2.36. The Hall–Kier alpha value is -1.80. The molecule has 2 aliphatic rings. The lowest BCUT2D eigenvalue weighted by molar-refractivity contribution is -0.135. The molecule has 1 aromatic heterocycles. The first-order valence-corrected chi connectivity index (χ1v) is 10.4. The lowest BCUT2D eigenvalue weighted by atomic mass is 9.81. The molecule has 0 bridgehead atoms. The fraction of sp³-hybridized carbons (Fsp3) is 0.684. The molecule has 1 saturated carbocycles. The van der Waals surface area contributed by atoms with Crippen LogP contribution < -0.4 is 5.32 Å². The van der Waals surface area contributed by atoms with Gasteiger partial charge in [-0.2, -0.15) is 0 Å². The molecule has 27 heavy (non-hydrogen) atoms. The Morgan fingerprint density at radius 3 is 2.93 bits per heavy atom. The number of carbonyl (C=O) groups is 2. The SMILES string of the molecule is C=N[C@H]1CC[C@H](C(=O)N(C)CC)C[C@H]1NC(=O)c1nc2c(s1)CN(C)CC2. The summed E-state index contributed by atoms with van der Waals surface area (Å²) in [7, 11) is 3.90. The van der Waals surface area contributed by atoms with Crippen LogP contribution in [0.15, 0.2) is 4.99 Å². The van der Waals surface area contributed by atoms with E-state index in [0.717, 1.165) is 38.0 Å². The Balaban J connectivity index is 1.69. The summed E-state index contributed by atoms with van der Waals surface area (Å²) in [6.07, 6.45) is 3.04. The Labute approximate surface area is 164 Å². The van der Waals surface area contributed by atoms with Gasteiger partial charge < -0.3 is 15.1 Å². The smallest absolute Gasteiger partial charge is 0.280 e. The van der Waals surface area contributed by atoms with Gasteiger partial charge in [0, 0.05) is 43.9 Å². The molecular formula is C19H29N5O2S. The van der Waals surface area contributed by atoms with Crippen molar-refractivity contribution in [1.29, 1.82) is 0 Å². The average Bonchev–Trinajstić information content (AvgIpc) is 3.10. The zero-order valence-corrected chi connectivity index (χ0v) is 17.2. The molecule has 1 fully saturated rings. The lowest BCUT2D eigenvalue weighted by Crippen LogP contribution is -2.49. The van der Waals surface area contributed by atoms with Gasteiger partial charge in [0.15, 0.2) is 5.01 Å². The van der Waals surface area contributed by atoms with Crippen LogP contribution in [0.3, 0.4) is 0 Å². The van der Waals surface area contributed by atoms with E-state index in [2.05, 4.69) is 34.0 Å². The summed E-state index contributed by atoms with van der Waals surface area (Å²) >= 11 is 1.47. The molecule has 3 atom stereocenters. The first kappa shape index (κ1) is 19.9. The van der Waals surface area contributed by atoms with Crippen LogP contribution in [0.25, 0.3) is 0 Å². The molecule has 0 unspecified atom stereocenters. The molecular weight excluding hydrogens is 362 g/mol. The molecule has 0 saturated heterocycles. The molecule has 2 heterocycles. The van der Waals surface area contributed by atoms with Crippen molar-refractivity contribution >= 4 is 29.9 Å². The zero-order chi connectivity index (χ0) is 19.6. The maximum atomic E-state index is 12.8. The van der Waals surface area contributed by atoms with E-state index in [-0.39, 0.29) is 29.8 Å². The highest BCUT2D eigenvalue weighted by Crippen LogP contribution is 2.29. The van der Waals surface area contributed by atoms with Gasteiger partial charge >= 0.3 is 0 Å². The number of carbonyl (C=O) groups excluding carboxylic acids is 2. The zero-order valence-electron chi connectivity index (χ0n) is 16.4. The molecule has 0 radical (unpaired) electrons. The van der Waals surface area contributed by atoms with E-state index in [1.165, 1.54) is 16.2 Å². The second-order valence-electron chi connectivity index (χ2n) is 7.57. The van der Waals surface area contributed by atoms with Crippen molar-refractivity contribution in [3.8, 4) is 0 Å². The number of amides is 2. The standard InChI is InChI=1S/C19H29N5O2S/c1-5-24(4)19(26)12-6-7-13(20-2)15(10-12)21-17(25)18-22-14-8-9-23(3)11-16(14)27-18/h12-13,15H,2,5-11H2,1,3-4H3,(H,21,25)/t12-,13-,15+/m0/s1. The third kappa shape index (κ3) is 4.38. The van der Waals surface area contributed by atoms with Crippen molar-refractivity contribution in [3.05, 3.63) is 15.6 Å². The molecule has 148 valence electrons. The minimum atomic E-state index is -0.174. The molecule has 2 amide bonds. The van der Waals surface area contributed by atoms with Crippen molar-refractivity contribution < 1.29 is 9.59 Å². The molecule has 0 spiro atoms. The van der Waals surface area contributed by atoms with E-state index in [1.54, 1.807) is 4.90 Å². The van der Waals surface area contributed by atoms with Crippen molar-refractivity contribution in [2.75, 3.05) is 27.2 Å². The number of thiazole rings is 1. The normalized spacial score (nSPS) is 25.5. The molecule has 7 nitrogen and oxygen atoms in total. The third-order valence-electron chi connectivity index (χ3n) is 5.68. The van der Waals surface area contributed by atoms with Gasteiger partial charge in [0.25, 0.3) is 5.91 Å². The number of fused-ring (bicyclic) bond motifs is 1. The number of rotatable bonds is 5. The molecule has 1 aliphatic carbocycles. The topological polar surface area (TPSA) is 77.9 Å². The van der Waals surface area contributed by atoms with Gasteiger partial charge in [0.1, 0.15) is 0 Å². The quantitative estimate of drug-likeness (QED) is 0.773. The molecule has 1 N–H and O–H groups in total. The molecule has 3 rings (SSSR count). The van der Waals surface area contributed by atoms with Crippen LogP contribution in [0.1, 0.15) is 46.6 Å². The van der Waals surface area contributed by atoms with Crippen LogP contribution >= 0.6 is 11.3 Å². The van der Waals surface area contributed by atoms with Crippen LogP contribution in [0, 0.1) is 5.92 Å². The van der Waals surface area contributed by atoms with Crippen LogP contribution in [0.2, 0.25) is 0 Å². The van der Waals surface area contributed by atoms with Crippen molar-refractivity contribution in [2.45, 2.75) is 51.2 Å². The number of nitrogens with zero attached hydrogens (tertiary/aromatic N) is 4. The van der Waals surface area contributed by atoms with Crippen LogP contribution in [0.5, 0.6) is 0 Å². The fourth-order valence-electron chi connectivity index (χ4n) is 3.87. The Bertz CT molecular complexity index is 719. The number of aliphatic imine (C=N–C) groups is 1. The Morgan fingerprint density at radius 2 is 2.22 bits per heavy atom. The van der Waals surface area contributed by atoms with Crippen molar-refractivity contribution in [1.82, 2.24) is 20.1 Å². The lowest BCUT2D eigenvalue weighted by Gasteiger charge is -2.35. The van der Waals surface area contributed by atoms with Crippen LogP contribution in [0.4, 0.5) is 0 Å². The largest absolute Gasteiger partial charge is 0.346 e. The van der Waals surface area contributed by atoms with Gasteiger partial charge in [-0.05, 0) is 40.0 Å². The van der Waals surface area contributed by atoms with Gasteiger partial charge in [-0.1, -0.05) is 0 Å². The van der Waals surface area contributed by atoms with Crippen molar-refractivity contribution in [2.24, 2.45) is 10.9 Å². The van der Waals surface area contributed by atoms with Crippen LogP contribution in [-0.4, -0.2) is 72.6 Å².